The average Bonchev–Trinajstić information content (AvgIpc) is 3.02. The highest BCUT2D eigenvalue weighted by Crippen LogP contribution is 2.18. The minimum absolute atomic E-state index is 0.185. The number of hydrogen-bond acceptors (Lipinski definition) is 4. The van der Waals surface area contributed by atoms with Gasteiger partial charge in [-0.2, -0.15) is 0 Å². The largest absolute Gasteiger partial charge is 0.508 e. The summed E-state index contributed by atoms with van der Waals surface area (Å²) in [5.74, 6) is 0.185. The van der Waals surface area contributed by atoms with Crippen LogP contribution in [-0.2, 0) is 19.4 Å². The van der Waals surface area contributed by atoms with Crippen LogP contribution in [0.4, 0.5) is 0 Å². The van der Waals surface area contributed by atoms with Crippen molar-refractivity contribution in [1.82, 2.24) is 15.0 Å². The summed E-state index contributed by atoms with van der Waals surface area (Å²) in [5, 5.41) is 27.7. The van der Waals surface area contributed by atoms with E-state index in [0.29, 0.717) is 6.54 Å². The zero-order valence-corrected chi connectivity index (χ0v) is 12.7. The molecule has 1 atom stereocenters. The van der Waals surface area contributed by atoms with E-state index in [9.17, 15) is 10.2 Å². The molecule has 118 valence electrons. The molecule has 3 aromatic rings. The van der Waals surface area contributed by atoms with Crippen LogP contribution in [0.5, 0.6) is 5.75 Å². The van der Waals surface area contributed by atoms with Crippen LogP contribution in [0.2, 0.25) is 0 Å². The molecule has 0 radical (unpaired) electrons. The van der Waals surface area contributed by atoms with Crippen LogP contribution in [0.25, 0.3) is 0 Å². The van der Waals surface area contributed by atoms with Gasteiger partial charge in [-0.1, -0.05) is 47.7 Å². The van der Waals surface area contributed by atoms with Crippen LogP contribution >= 0.6 is 0 Å². The minimum Gasteiger partial charge on any atom is -0.508 e. The van der Waals surface area contributed by atoms with Gasteiger partial charge in [0.05, 0.1) is 18.3 Å². The van der Waals surface area contributed by atoms with Crippen molar-refractivity contribution in [2.75, 3.05) is 0 Å². The van der Waals surface area contributed by atoms with Gasteiger partial charge in [-0.05, 0) is 36.1 Å². The van der Waals surface area contributed by atoms with E-state index in [1.165, 1.54) is 5.56 Å². The first-order valence-electron chi connectivity index (χ1n) is 7.60. The maximum atomic E-state index is 10.2. The molecule has 0 aliphatic rings. The van der Waals surface area contributed by atoms with Crippen molar-refractivity contribution in [3.63, 3.8) is 0 Å². The van der Waals surface area contributed by atoms with Crippen molar-refractivity contribution < 1.29 is 10.2 Å². The number of aryl methyl sites for hydroxylation is 2. The fourth-order valence-electron chi connectivity index (χ4n) is 2.44. The van der Waals surface area contributed by atoms with Crippen LogP contribution in [0.15, 0.2) is 60.8 Å². The molecule has 0 aliphatic carbocycles. The number of aromatic nitrogens is 3. The molecule has 5 nitrogen and oxygen atoms in total. The third-order valence-electron chi connectivity index (χ3n) is 3.74. The second kappa shape index (κ2) is 7.07. The standard InChI is InChI=1S/C18H19N3O2/c22-17-10-7-15(8-11-17)18(23)13-21-12-16(19-20-21)9-6-14-4-2-1-3-5-14/h1-5,7-8,10-12,18,22-23H,6,9,13H2. The topological polar surface area (TPSA) is 71.2 Å². The number of benzene rings is 2. The summed E-state index contributed by atoms with van der Waals surface area (Å²) in [6, 6.07) is 16.8. The molecule has 0 fully saturated rings. The van der Waals surface area contributed by atoms with Crippen LogP contribution in [0, 0.1) is 0 Å². The Kier molecular flexibility index (Phi) is 4.68. The van der Waals surface area contributed by atoms with E-state index < -0.39 is 6.10 Å². The quantitative estimate of drug-likeness (QED) is 0.734. The van der Waals surface area contributed by atoms with Gasteiger partial charge in [0.15, 0.2) is 0 Å². The number of rotatable bonds is 6. The molecule has 2 aromatic carbocycles. The summed E-state index contributed by atoms with van der Waals surface area (Å²) in [6.07, 6.45) is 2.92. The third-order valence-corrected chi connectivity index (χ3v) is 3.74. The van der Waals surface area contributed by atoms with Crippen LogP contribution < -0.4 is 0 Å². The number of phenols is 1. The molecule has 1 aromatic heterocycles. The number of hydrogen-bond donors (Lipinski definition) is 2. The Balaban J connectivity index is 1.57. The second-order valence-electron chi connectivity index (χ2n) is 5.52. The van der Waals surface area contributed by atoms with Gasteiger partial charge in [-0.3, -0.25) is 0 Å². The van der Waals surface area contributed by atoms with Crippen LogP contribution in [-0.4, -0.2) is 25.2 Å². The van der Waals surface area contributed by atoms with E-state index in [1.54, 1.807) is 28.9 Å². The van der Waals surface area contributed by atoms with E-state index in [4.69, 9.17) is 0 Å². The Morgan fingerprint density at radius 3 is 2.43 bits per heavy atom. The lowest BCUT2D eigenvalue weighted by molar-refractivity contribution is 0.150. The molecule has 1 heterocycles. The lowest BCUT2D eigenvalue weighted by Gasteiger charge is -2.10. The minimum atomic E-state index is -0.681. The maximum Gasteiger partial charge on any atom is 0.115 e. The van der Waals surface area contributed by atoms with Crippen molar-refractivity contribution in [2.24, 2.45) is 0 Å². The lowest BCUT2D eigenvalue weighted by Crippen LogP contribution is -2.09. The van der Waals surface area contributed by atoms with Crippen LogP contribution in [0.1, 0.15) is 22.9 Å². The summed E-state index contributed by atoms with van der Waals surface area (Å²) < 4.78 is 1.65. The van der Waals surface area contributed by atoms with Gasteiger partial charge < -0.3 is 10.2 Å². The third kappa shape index (κ3) is 4.17. The van der Waals surface area contributed by atoms with Gasteiger partial charge in [-0.25, -0.2) is 4.68 Å². The molecule has 0 spiro atoms. The molecule has 3 rings (SSSR count). The summed E-state index contributed by atoms with van der Waals surface area (Å²) in [7, 11) is 0. The Bertz CT molecular complexity index is 738. The summed E-state index contributed by atoms with van der Waals surface area (Å²) in [5.41, 5.74) is 2.92. The Morgan fingerprint density at radius 1 is 0.957 bits per heavy atom. The highest BCUT2D eigenvalue weighted by atomic mass is 16.3. The van der Waals surface area contributed by atoms with E-state index in [2.05, 4.69) is 22.4 Å². The molecule has 1 unspecified atom stereocenters. The summed E-state index contributed by atoms with van der Waals surface area (Å²) >= 11 is 0. The number of aromatic hydroxyl groups is 1. The van der Waals surface area contributed by atoms with Gasteiger partial charge in [0.1, 0.15) is 5.75 Å². The Labute approximate surface area is 134 Å². The maximum absolute atomic E-state index is 10.2. The molecular formula is C18H19N3O2. The monoisotopic (exact) mass is 309 g/mol. The zero-order valence-electron chi connectivity index (χ0n) is 12.7. The van der Waals surface area contributed by atoms with Crippen LogP contribution in [0.3, 0.4) is 0 Å². The molecule has 2 N–H and O–H groups in total. The van der Waals surface area contributed by atoms with Crippen molar-refractivity contribution in [1.29, 1.82) is 0 Å². The summed E-state index contributed by atoms with van der Waals surface area (Å²) in [6.45, 7) is 0.336. The number of aliphatic hydroxyl groups is 1. The van der Waals surface area contributed by atoms with Gasteiger partial charge in [-0.15, -0.1) is 5.10 Å². The molecule has 0 aliphatic heterocycles. The first-order valence-corrected chi connectivity index (χ1v) is 7.60. The molecule has 0 amide bonds. The Hall–Kier alpha value is -2.66. The molecule has 0 saturated heterocycles. The highest BCUT2D eigenvalue weighted by Gasteiger charge is 2.10. The van der Waals surface area contributed by atoms with Gasteiger partial charge in [0, 0.05) is 6.20 Å². The summed E-state index contributed by atoms with van der Waals surface area (Å²) in [4.78, 5) is 0. The number of nitrogens with zero attached hydrogens (tertiary/aromatic N) is 3. The van der Waals surface area contributed by atoms with E-state index in [-0.39, 0.29) is 5.75 Å². The number of aliphatic hydroxyl groups excluding tert-OH is 1. The highest BCUT2D eigenvalue weighted by molar-refractivity contribution is 5.27. The number of phenolic OH excluding ortho intramolecular Hbond substituents is 1. The predicted molar refractivity (Wildman–Crippen MR) is 86.9 cm³/mol. The fourth-order valence-corrected chi connectivity index (χ4v) is 2.44. The Morgan fingerprint density at radius 2 is 1.70 bits per heavy atom. The van der Waals surface area contributed by atoms with E-state index >= 15 is 0 Å². The molecule has 5 heteroatoms. The van der Waals surface area contributed by atoms with Gasteiger partial charge in [0.2, 0.25) is 0 Å². The smallest absolute Gasteiger partial charge is 0.115 e. The normalized spacial score (nSPS) is 12.2. The van der Waals surface area contributed by atoms with Crippen molar-refractivity contribution >= 4 is 0 Å². The van der Waals surface area contributed by atoms with E-state index in [1.807, 2.05) is 24.4 Å². The SMILES string of the molecule is Oc1ccc(C(O)Cn2cc(CCc3ccccc3)nn2)cc1. The molecule has 0 bridgehead atoms. The van der Waals surface area contributed by atoms with Gasteiger partial charge >= 0.3 is 0 Å². The van der Waals surface area contributed by atoms with E-state index in [0.717, 1.165) is 24.1 Å². The van der Waals surface area contributed by atoms with Crippen molar-refractivity contribution in [3.8, 4) is 5.75 Å². The predicted octanol–water partition coefficient (Wildman–Crippen LogP) is 2.50. The van der Waals surface area contributed by atoms with Crippen molar-refractivity contribution in [3.05, 3.63) is 77.6 Å². The first kappa shape index (κ1) is 15.2. The lowest BCUT2D eigenvalue weighted by atomic mass is 10.1. The molecule has 0 saturated carbocycles. The first-order chi connectivity index (χ1) is 11.2. The van der Waals surface area contributed by atoms with Crippen molar-refractivity contribution in [2.45, 2.75) is 25.5 Å². The van der Waals surface area contributed by atoms with Gasteiger partial charge in [0.25, 0.3) is 0 Å². The fraction of sp³-hybridized carbons (Fsp3) is 0.222. The zero-order chi connectivity index (χ0) is 16.1. The molecular weight excluding hydrogens is 290 g/mol. The molecule has 23 heavy (non-hydrogen) atoms. The second-order valence-corrected chi connectivity index (χ2v) is 5.52. The average molecular weight is 309 g/mol.